The van der Waals surface area contributed by atoms with Gasteiger partial charge >= 0.3 is 0 Å². The molecular formula is C31H36N2O5. The van der Waals surface area contributed by atoms with Crippen molar-refractivity contribution in [3.63, 3.8) is 0 Å². The highest BCUT2D eigenvalue weighted by Crippen LogP contribution is 2.34. The number of piperidine rings is 1. The first-order valence-corrected chi connectivity index (χ1v) is 13.3. The summed E-state index contributed by atoms with van der Waals surface area (Å²) in [6, 6.07) is 21.9. The first-order chi connectivity index (χ1) is 18.6. The SMILES string of the molecule is COCCCN1CCOc2ccc(CO[C@H]3CNCC(=O)[C@@H]3c3ccc(Oc4ccccc4C)cc3)cc21. The molecule has 0 saturated carbocycles. The number of nitrogens with zero attached hydrogens (tertiary/aromatic N) is 1. The number of nitrogens with one attached hydrogen (secondary N) is 1. The van der Waals surface area contributed by atoms with Gasteiger partial charge in [-0.05, 0) is 60.4 Å². The number of benzene rings is 3. The quantitative estimate of drug-likeness (QED) is 0.386. The second kappa shape index (κ2) is 12.4. The maximum absolute atomic E-state index is 13.0. The van der Waals surface area contributed by atoms with E-state index in [-0.39, 0.29) is 17.8 Å². The summed E-state index contributed by atoms with van der Waals surface area (Å²) in [6.07, 6.45) is 0.702. The molecule has 200 valence electrons. The van der Waals surface area contributed by atoms with Crippen LogP contribution >= 0.6 is 0 Å². The Bertz CT molecular complexity index is 1230. The van der Waals surface area contributed by atoms with Crippen LogP contribution < -0.4 is 19.7 Å². The van der Waals surface area contributed by atoms with Gasteiger partial charge in [0.05, 0.1) is 37.4 Å². The lowest BCUT2D eigenvalue weighted by Crippen LogP contribution is -2.47. The Morgan fingerprint density at radius 1 is 1.08 bits per heavy atom. The van der Waals surface area contributed by atoms with Crippen LogP contribution in [0.2, 0.25) is 0 Å². The zero-order valence-electron chi connectivity index (χ0n) is 22.2. The molecule has 7 nitrogen and oxygen atoms in total. The minimum atomic E-state index is -0.324. The van der Waals surface area contributed by atoms with Crippen molar-refractivity contribution in [1.82, 2.24) is 5.32 Å². The van der Waals surface area contributed by atoms with Gasteiger partial charge in [-0.15, -0.1) is 0 Å². The first-order valence-electron chi connectivity index (χ1n) is 13.3. The number of para-hydroxylation sites is 1. The normalized spacial score (nSPS) is 19.1. The Kier molecular flexibility index (Phi) is 8.58. The molecule has 0 amide bonds. The Hall–Kier alpha value is -3.39. The maximum Gasteiger partial charge on any atom is 0.156 e. The van der Waals surface area contributed by atoms with Crippen molar-refractivity contribution in [2.75, 3.05) is 51.4 Å². The third-order valence-electron chi connectivity index (χ3n) is 7.15. The number of methoxy groups -OCH3 is 1. The molecule has 0 spiro atoms. The molecule has 2 aliphatic rings. The Morgan fingerprint density at radius 2 is 1.92 bits per heavy atom. The molecule has 7 heteroatoms. The largest absolute Gasteiger partial charge is 0.490 e. The molecule has 1 fully saturated rings. The van der Waals surface area contributed by atoms with Crippen LogP contribution in [-0.4, -0.2) is 58.4 Å². The smallest absolute Gasteiger partial charge is 0.156 e. The number of carbonyl (C=O) groups excluding carboxylic acids is 1. The van der Waals surface area contributed by atoms with Gasteiger partial charge in [0, 0.05) is 26.8 Å². The number of aryl methyl sites for hydroxylation is 1. The number of carbonyl (C=O) groups is 1. The summed E-state index contributed by atoms with van der Waals surface area (Å²) in [4.78, 5) is 15.3. The lowest BCUT2D eigenvalue weighted by atomic mass is 9.86. The lowest BCUT2D eigenvalue weighted by molar-refractivity contribution is -0.126. The number of Topliss-reactive ketones (excluding diaryl/α,β-unsaturated/α-hetero) is 1. The van der Waals surface area contributed by atoms with E-state index in [1.807, 2.05) is 67.6 Å². The van der Waals surface area contributed by atoms with Gasteiger partial charge in [-0.3, -0.25) is 4.79 Å². The minimum absolute atomic E-state index is 0.136. The van der Waals surface area contributed by atoms with E-state index in [9.17, 15) is 4.79 Å². The fourth-order valence-corrected chi connectivity index (χ4v) is 5.11. The molecule has 1 N–H and O–H groups in total. The second-order valence-corrected chi connectivity index (χ2v) is 9.84. The fraction of sp³-hybridized carbons (Fsp3) is 0.387. The third kappa shape index (κ3) is 6.18. The molecular weight excluding hydrogens is 480 g/mol. The first kappa shape index (κ1) is 26.2. The van der Waals surface area contributed by atoms with Gasteiger partial charge in [-0.25, -0.2) is 0 Å². The molecule has 2 atom stereocenters. The molecule has 3 aromatic rings. The van der Waals surface area contributed by atoms with E-state index in [1.165, 1.54) is 0 Å². The standard InChI is InChI=1S/C31H36N2O5/c1-22-6-3-4-7-28(22)38-25-11-9-24(10-12-25)31-27(34)19-32-20-30(31)37-21-23-8-13-29-26(18-23)33(15-17-36-29)14-5-16-35-2/h3-4,6-13,18,30-32H,5,14-17,19-21H2,1-2H3/t30-,31-/m0/s1. The van der Waals surface area contributed by atoms with E-state index in [0.29, 0.717) is 26.3 Å². The Morgan fingerprint density at radius 3 is 2.74 bits per heavy atom. The minimum Gasteiger partial charge on any atom is -0.490 e. The number of anilines is 1. The van der Waals surface area contributed by atoms with Gasteiger partial charge in [-0.1, -0.05) is 36.4 Å². The predicted molar refractivity (Wildman–Crippen MR) is 148 cm³/mol. The third-order valence-corrected chi connectivity index (χ3v) is 7.15. The van der Waals surface area contributed by atoms with Crippen LogP contribution in [-0.2, 0) is 20.9 Å². The predicted octanol–water partition coefficient (Wildman–Crippen LogP) is 4.86. The topological polar surface area (TPSA) is 69.3 Å². The number of hydrogen-bond donors (Lipinski definition) is 1. The molecule has 2 aliphatic heterocycles. The van der Waals surface area contributed by atoms with Crippen LogP contribution in [0.25, 0.3) is 0 Å². The van der Waals surface area contributed by atoms with Gasteiger partial charge in [0.25, 0.3) is 0 Å². The summed E-state index contributed by atoms with van der Waals surface area (Å²) in [7, 11) is 1.73. The number of ether oxygens (including phenoxy) is 4. The van der Waals surface area contributed by atoms with Crippen molar-refractivity contribution in [3.8, 4) is 17.2 Å². The van der Waals surface area contributed by atoms with E-state index in [1.54, 1.807) is 7.11 Å². The van der Waals surface area contributed by atoms with Crippen molar-refractivity contribution in [2.24, 2.45) is 0 Å². The van der Waals surface area contributed by atoms with Crippen molar-refractivity contribution in [2.45, 2.75) is 32.0 Å². The van der Waals surface area contributed by atoms with Crippen LogP contribution in [0, 0.1) is 6.92 Å². The summed E-state index contributed by atoms with van der Waals surface area (Å²) in [5.41, 5.74) is 4.17. The van der Waals surface area contributed by atoms with Crippen LogP contribution in [0.5, 0.6) is 17.2 Å². The average Bonchev–Trinajstić information content (AvgIpc) is 2.94. The van der Waals surface area contributed by atoms with E-state index >= 15 is 0 Å². The molecule has 3 aromatic carbocycles. The van der Waals surface area contributed by atoms with Gasteiger partial charge in [-0.2, -0.15) is 0 Å². The second-order valence-electron chi connectivity index (χ2n) is 9.84. The molecule has 0 aromatic heterocycles. The molecule has 0 bridgehead atoms. The maximum atomic E-state index is 13.0. The summed E-state index contributed by atoms with van der Waals surface area (Å²) in [5.74, 6) is 2.28. The number of ketones is 1. The molecule has 0 unspecified atom stereocenters. The van der Waals surface area contributed by atoms with E-state index in [4.69, 9.17) is 18.9 Å². The van der Waals surface area contributed by atoms with Crippen LogP contribution in [0.15, 0.2) is 66.7 Å². The molecule has 38 heavy (non-hydrogen) atoms. The fourth-order valence-electron chi connectivity index (χ4n) is 5.11. The van der Waals surface area contributed by atoms with Gasteiger partial charge in [0.1, 0.15) is 23.9 Å². The van der Waals surface area contributed by atoms with Crippen LogP contribution in [0.4, 0.5) is 5.69 Å². The summed E-state index contributed by atoms with van der Waals surface area (Å²) < 4.78 is 23.5. The molecule has 0 radical (unpaired) electrons. The van der Waals surface area contributed by atoms with E-state index in [2.05, 4.69) is 16.3 Å². The lowest BCUT2D eigenvalue weighted by Gasteiger charge is -2.33. The molecule has 1 saturated heterocycles. The zero-order valence-corrected chi connectivity index (χ0v) is 22.2. The summed E-state index contributed by atoms with van der Waals surface area (Å²) in [5, 5.41) is 3.22. The van der Waals surface area contributed by atoms with E-state index < -0.39 is 0 Å². The van der Waals surface area contributed by atoms with Crippen molar-refractivity contribution in [3.05, 3.63) is 83.4 Å². The molecule has 5 rings (SSSR count). The number of hydrogen-bond acceptors (Lipinski definition) is 7. The van der Waals surface area contributed by atoms with Crippen molar-refractivity contribution >= 4 is 11.5 Å². The number of fused-ring (bicyclic) bond motifs is 1. The Labute approximate surface area is 224 Å². The van der Waals surface area contributed by atoms with Crippen molar-refractivity contribution in [1.29, 1.82) is 0 Å². The van der Waals surface area contributed by atoms with E-state index in [0.717, 1.165) is 65.7 Å². The monoisotopic (exact) mass is 516 g/mol. The highest BCUT2D eigenvalue weighted by atomic mass is 16.5. The van der Waals surface area contributed by atoms with Crippen molar-refractivity contribution < 1.29 is 23.7 Å². The van der Waals surface area contributed by atoms with Gasteiger partial charge < -0.3 is 29.2 Å². The zero-order chi connectivity index (χ0) is 26.3. The summed E-state index contributed by atoms with van der Waals surface area (Å²) >= 11 is 0. The molecule has 2 heterocycles. The van der Waals surface area contributed by atoms with Crippen LogP contribution in [0.1, 0.15) is 29.0 Å². The Balaban J connectivity index is 1.26. The summed E-state index contributed by atoms with van der Waals surface area (Å²) in [6.45, 7) is 6.60. The van der Waals surface area contributed by atoms with Gasteiger partial charge in [0.15, 0.2) is 5.78 Å². The highest BCUT2D eigenvalue weighted by molar-refractivity contribution is 5.89. The van der Waals surface area contributed by atoms with Gasteiger partial charge in [0.2, 0.25) is 0 Å². The highest BCUT2D eigenvalue weighted by Gasteiger charge is 2.34. The average molecular weight is 517 g/mol. The van der Waals surface area contributed by atoms with Crippen LogP contribution in [0.3, 0.4) is 0 Å². The molecule has 0 aliphatic carbocycles. The number of rotatable bonds is 10.